The lowest BCUT2D eigenvalue weighted by atomic mass is 9.85. The minimum absolute atomic E-state index is 0.0585. The standard InChI is InChI=1S/C19H27N3O4/c1-25-14-13-21-11-3-9-19(17(21)23)10-4-12-22(19)18(24)20-15-5-7-16(26-2)8-6-15/h5-8H,3-4,9-14H2,1-2H3,(H,20,24). The maximum Gasteiger partial charge on any atom is 0.322 e. The Bertz CT molecular complexity index is 649. The number of ether oxygens (including phenoxy) is 2. The van der Waals surface area contributed by atoms with Crippen LogP contribution in [-0.2, 0) is 9.53 Å². The molecule has 1 aromatic carbocycles. The summed E-state index contributed by atoms with van der Waals surface area (Å²) in [6, 6.07) is 6.98. The number of hydrogen-bond donors (Lipinski definition) is 1. The molecule has 0 aliphatic carbocycles. The monoisotopic (exact) mass is 361 g/mol. The zero-order valence-corrected chi connectivity index (χ0v) is 15.5. The molecular weight excluding hydrogens is 334 g/mol. The van der Waals surface area contributed by atoms with Gasteiger partial charge in [0.05, 0.1) is 13.7 Å². The van der Waals surface area contributed by atoms with E-state index in [1.807, 2.05) is 4.90 Å². The van der Waals surface area contributed by atoms with Gasteiger partial charge in [-0.2, -0.15) is 0 Å². The second-order valence-corrected chi connectivity index (χ2v) is 6.83. The van der Waals surface area contributed by atoms with Gasteiger partial charge in [-0.25, -0.2) is 4.79 Å². The Morgan fingerprint density at radius 3 is 2.50 bits per heavy atom. The molecule has 3 amide bonds. The molecule has 0 saturated carbocycles. The van der Waals surface area contributed by atoms with E-state index in [1.165, 1.54) is 0 Å². The van der Waals surface area contributed by atoms with Crippen molar-refractivity contribution in [1.29, 1.82) is 0 Å². The third-order valence-corrected chi connectivity index (χ3v) is 5.34. The smallest absolute Gasteiger partial charge is 0.322 e. The fourth-order valence-corrected chi connectivity index (χ4v) is 4.00. The largest absolute Gasteiger partial charge is 0.497 e. The van der Waals surface area contributed by atoms with Crippen LogP contribution in [0.15, 0.2) is 24.3 Å². The fraction of sp³-hybridized carbons (Fsp3) is 0.579. The summed E-state index contributed by atoms with van der Waals surface area (Å²) < 4.78 is 10.3. The van der Waals surface area contributed by atoms with Crippen LogP contribution < -0.4 is 10.1 Å². The van der Waals surface area contributed by atoms with Crippen molar-refractivity contribution < 1.29 is 19.1 Å². The predicted molar refractivity (Wildman–Crippen MR) is 98.4 cm³/mol. The van der Waals surface area contributed by atoms with Crippen molar-refractivity contribution in [3.63, 3.8) is 0 Å². The zero-order valence-electron chi connectivity index (χ0n) is 15.5. The summed E-state index contributed by atoms with van der Waals surface area (Å²) in [5.41, 5.74) is -0.0138. The topological polar surface area (TPSA) is 71.1 Å². The summed E-state index contributed by atoms with van der Waals surface area (Å²) in [6.45, 7) is 2.43. The Kier molecular flexibility index (Phi) is 5.66. The van der Waals surface area contributed by atoms with Gasteiger partial charge in [0.25, 0.3) is 0 Å². The van der Waals surface area contributed by atoms with Crippen LogP contribution in [0.25, 0.3) is 0 Å². The highest BCUT2D eigenvalue weighted by molar-refractivity contribution is 5.97. The van der Waals surface area contributed by atoms with Crippen molar-refractivity contribution in [2.45, 2.75) is 31.2 Å². The van der Waals surface area contributed by atoms with Crippen LogP contribution in [0.2, 0.25) is 0 Å². The van der Waals surface area contributed by atoms with Gasteiger partial charge in [0.2, 0.25) is 5.91 Å². The third kappa shape index (κ3) is 3.49. The Labute approximate surface area is 154 Å². The third-order valence-electron chi connectivity index (χ3n) is 5.34. The summed E-state index contributed by atoms with van der Waals surface area (Å²) in [5.74, 6) is 0.792. The Balaban J connectivity index is 1.73. The zero-order chi connectivity index (χ0) is 18.6. The van der Waals surface area contributed by atoms with E-state index in [2.05, 4.69) is 5.32 Å². The molecule has 1 N–H and O–H groups in total. The number of nitrogens with zero attached hydrogens (tertiary/aromatic N) is 2. The van der Waals surface area contributed by atoms with Gasteiger partial charge < -0.3 is 24.6 Å². The molecule has 7 nitrogen and oxygen atoms in total. The summed E-state index contributed by atoms with van der Waals surface area (Å²) >= 11 is 0. The normalized spacial score (nSPS) is 22.8. The number of piperidine rings is 1. The lowest BCUT2D eigenvalue weighted by Crippen LogP contribution is -2.62. The predicted octanol–water partition coefficient (Wildman–Crippen LogP) is 2.33. The molecule has 0 aromatic heterocycles. The molecule has 26 heavy (non-hydrogen) atoms. The van der Waals surface area contributed by atoms with Gasteiger partial charge in [-0.1, -0.05) is 0 Å². The molecule has 1 atom stereocenters. The summed E-state index contributed by atoms with van der Waals surface area (Å²) in [5, 5.41) is 2.92. The molecule has 2 heterocycles. The van der Waals surface area contributed by atoms with E-state index in [0.717, 1.165) is 38.0 Å². The van der Waals surface area contributed by atoms with E-state index in [1.54, 1.807) is 43.4 Å². The lowest BCUT2D eigenvalue weighted by molar-refractivity contribution is -0.146. The van der Waals surface area contributed by atoms with Crippen molar-refractivity contribution in [1.82, 2.24) is 9.80 Å². The highest BCUT2D eigenvalue weighted by atomic mass is 16.5. The number of likely N-dealkylation sites (tertiary alicyclic amines) is 2. The number of carbonyl (C=O) groups is 2. The summed E-state index contributed by atoms with van der Waals surface area (Å²) in [7, 11) is 3.24. The van der Waals surface area contributed by atoms with Gasteiger partial charge in [0, 0.05) is 32.4 Å². The number of benzene rings is 1. The Morgan fingerprint density at radius 1 is 1.15 bits per heavy atom. The van der Waals surface area contributed by atoms with Crippen LogP contribution in [0.1, 0.15) is 25.7 Å². The maximum atomic E-state index is 13.1. The van der Waals surface area contributed by atoms with Crippen LogP contribution >= 0.6 is 0 Å². The molecule has 0 bridgehead atoms. The SMILES string of the molecule is COCCN1CCCC2(CCCN2C(=O)Nc2ccc(OC)cc2)C1=O. The van der Waals surface area contributed by atoms with Crippen molar-refractivity contribution in [2.24, 2.45) is 0 Å². The van der Waals surface area contributed by atoms with E-state index >= 15 is 0 Å². The number of amides is 3. The number of nitrogens with one attached hydrogen (secondary N) is 1. The second-order valence-electron chi connectivity index (χ2n) is 6.83. The number of anilines is 1. The van der Waals surface area contributed by atoms with E-state index in [4.69, 9.17) is 9.47 Å². The van der Waals surface area contributed by atoms with E-state index in [-0.39, 0.29) is 11.9 Å². The molecule has 1 aromatic rings. The molecule has 2 saturated heterocycles. The van der Waals surface area contributed by atoms with Crippen molar-refractivity contribution in [3.05, 3.63) is 24.3 Å². The van der Waals surface area contributed by atoms with Crippen LogP contribution in [0.4, 0.5) is 10.5 Å². The number of methoxy groups -OCH3 is 2. The molecule has 7 heteroatoms. The van der Waals surface area contributed by atoms with Crippen LogP contribution in [0.5, 0.6) is 5.75 Å². The Hall–Kier alpha value is -2.28. The molecule has 2 aliphatic heterocycles. The van der Waals surface area contributed by atoms with Crippen molar-refractivity contribution >= 4 is 17.6 Å². The minimum atomic E-state index is -0.706. The lowest BCUT2D eigenvalue weighted by Gasteiger charge is -2.44. The molecule has 0 radical (unpaired) electrons. The van der Waals surface area contributed by atoms with Gasteiger partial charge >= 0.3 is 6.03 Å². The molecule has 142 valence electrons. The van der Waals surface area contributed by atoms with Crippen LogP contribution in [0, 0.1) is 0 Å². The van der Waals surface area contributed by atoms with Gasteiger partial charge in [0.15, 0.2) is 0 Å². The second kappa shape index (κ2) is 7.95. The first-order valence-electron chi connectivity index (χ1n) is 9.12. The molecule has 3 rings (SSSR count). The number of carbonyl (C=O) groups excluding carboxylic acids is 2. The molecule has 2 aliphatic rings. The van der Waals surface area contributed by atoms with Gasteiger partial charge in [-0.05, 0) is 49.9 Å². The molecule has 2 fully saturated rings. The quantitative estimate of drug-likeness (QED) is 0.874. The fourth-order valence-electron chi connectivity index (χ4n) is 4.00. The van der Waals surface area contributed by atoms with Gasteiger partial charge in [-0.15, -0.1) is 0 Å². The minimum Gasteiger partial charge on any atom is -0.497 e. The van der Waals surface area contributed by atoms with Gasteiger partial charge in [-0.3, -0.25) is 4.79 Å². The Morgan fingerprint density at radius 2 is 1.85 bits per heavy atom. The number of urea groups is 1. The van der Waals surface area contributed by atoms with Gasteiger partial charge in [0.1, 0.15) is 11.3 Å². The van der Waals surface area contributed by atoms with E-state index in [0.29, 0.717) is 25.4 Å². The average Bonchev–Trinajstić information content (AvgIpc) is 3.08. The van der Waals surface area contributed by atoms with Crippen LogP contribution in [0.3, 0.4) is 0 Å². The average molecular weight is 361 g/mol. The number of rotatable bonds is 5. The van der Waals surface area contributed by atoms with E-state index in [9.17, 15) is 9.59 Å². The van der Waals surface area contributed by atoms with Crippen molar-refractivity contribution in [3.8, 4) is 5.75 Å². The molecule has 1 unspecified atom stereocenters. The molecule has 1 spiro atoms. The number of hydrogen-bond acceptors (Lipinski definition) is 4. The highest BCUT2D eigenvalue weighted by Crippen LogP contribution is 2.38. The van der Waals surface area contributed by atoms with Crippen LogP contribution in [-0.4, -0.2) is 67.7 Å². The van der Waals surface area contributed by atoms with E-state index < -0.39 is 5.54 Å². The highest BCUT2D eigenvalue weighted by Gasteiger charge is 2.52. The first-order chi connectivity index (χ1) is 12.6. The summed E-state index contributed by atoms with van der Waals surface area (Å²) in [4.78, 5) is 29.6. The van der Waals surface area contributed by atoms with Crippen molar-refractivity contribution in [2.75, 3.05) is 45.8 Å². The first-order valence-corrected chi connectivity index (χ1v) is 9.12. The molecular formula is C19H27N3O4. The first kappa shape index (κ1) is 18.5. The summed E-state index contributed by atoms with van der Waals surface area (Å²) in [6.07, 6.45) is 3.21. The maximum absolute atomic E-state index is 13.1.